The molecule has 0 fully saturated rings. The minimum atomic E-state index is -0.668. The molecular weight excluding hydrogens is 322 g/mol. The quantitative estimate of drug-likeness (QED) is 0.481. The van der Waals surface area contributed by atoms with Crippen LogP contribution in [0.5, 0.6) is 0 Å². The van der Waals surface area contributed by atoms with Gasteiger partial charge in [0.2, 0.25) is 0 Å². The molecule has 2 N–H and O–H groups in total. The molecule has 0 bridgehead atoms. The summed E-state index contributed by atoms with van der Waals surface area (Å²) in [7, 11) is 0. The number of para-hydroxylation sites is 1. The number of rotatable bonds is 5. The van der Waals surface area contributed by atoms with Crippen molar-refractivity contribution in [1.29, 1.82) is 0 Å². The van der Waals surface area contributed by atoms with E-state index in [1.165, 1.54) is 28.7 Å². The average molecular weight is 338 g/mol. The van der Waals surface area contributed by atoms with E-state index in [2.05, 4.69) is 34.9 Å². The Balaban J connectivity index is 1.75. The number of halogens is 2. The van der Waals surface area contributed by atoms with Crippen LogP contribution in [0.3, 0.4) is 0 Å². The SMILES string of the molecule is Cc1ccc(SCCNC(=S)Nc2c(F)cccc2F)cc1. The second-order valence-electron chi connectivity index (χ2n) is 4.64. The Kier molecular flexibility index (Phi) is 6.15. The third-order valence-corrected chi connectivity index (χ3v) is 4.14. The molecule has 0 spiro atoms. The van der Waals surface area contributed by atoms with Crippen molar-refractivity contribution < 1.29 is 8.78 Å². The first-order chi connectivity index (χ1) is 10.6. The van der Waals surface area contributed by atoms with Crippen LogP contribution in [0.25, 0.3) is 0 Å². The minimum absolute atomic E-state index is 0.202. The van der Waals surface area contributed by atoms with Crippen LogP contribution in [0.15, 0.2) is 47.4 Å². The number of thiocarbonyl (C=S) groups is 1. The van der Waals surface area contributed by atoms with E-state index in [0.29, 0.717) is 6.54 Å². The van der Waals surface area contributed by atoms with Gasteiger partial charge in [-0.3, -0.25) is 0 Å². The van der Waals surface area contributed by atoms with E-state index < -0.39 is 11.6 Å². The minimum Gasteiger partial charge on any atom is -0.362 e. The molecule has 22 heavy (non-hydrogen) atoms. The molecule has 2 nitrogen and oxygen atoms in total. The second kappa shape index (κ2) is 8.10. The summed E-state index contributed by atoms with van der Waals surface area (Å²) in [5, 5.41) is 5.68. The highest BCUT2D eigenvalue weighted by Gasteiger charge is 2.09. The van der Waals surface area contributed by atoms with E-state index in [-0.39, 0.29) is 10.8 Å². The average Bonchev–Trinajstić information content (AvgIpc) is 2.49. The zero-order valence-corrected chi connectivity index (χ0v) is 13.7. The molecule has 0 unspecified atom stereocenters. The number of anilines is 1. The van der Waals surface area contributed by atoms with Crippen LogP contribution in [0.2, 0.25) is 0 Å². The van der Waals surface area contributed by atoms with Crippen LogP contribution < -0.4 is 10.6 Å². The first-order valence-electron chi connectivity index (χ1n) is 6.74. The van der Waals surface area contributed by atoms with E-state index in [1.54, 1.807) is 11.8 Å². The van der Waals surface area contributed by atoms with Crippen LogP contribution >= 0.6 is 24.0 Å². The highest BCUT2D eigenvalue weighted by Crippen LogP contribution is 2.18. The molecule has 0 atom stereocenters. The molecule has 0 aromatic heterocycles. The Morgan fingerprint density at radius 1 is 1.09 bits per heavy atom. The van der Waals surface area contributed by atoms with Crippen molar-refractivity contribution in [3.63, 3.8) is 0 Å². The zero-order chi connectivity index (χ0) is 15.9. The molecule has 0 radical (unpaired) electrons. The number of hydrogen-bond donors (Lipinski definition) is 2. The van der Waals surface area contributed by atoms with Gasteiger partial charge in [0.15, 0.2) is 5.11 Å². The fourth-order valence-corrected chi connectivity index (χ4v) is 2.72. The van der Waals surface area contributed by atoms with Gasteiger partial charge < -0.3 is 10.6 Å². The number of nitrogens with one attached hydrogen (secondary N) is 2. The van der Waals surface area contributed by atoms with E-state index in [0.717, 1.165) is 5.75 Å². The first kappa shape index (κ1) is 16.7. The predicted octanol–water partition coefficient (Wildman–Crippen LogP) is 4.35. The number of aryl methyl sites for hydroxylation is 1. The Hall–Kier alpha value is -1.66. The van der Waals surface area contributed by atoms with Gasteiger partial charge in [-0.25, -0.2) is 8.78 Å². The summed E-state index contributed by atoms with van der Waals surface area (Å²) >= 11 is 6.72. The smallest absolute Gasteiger partial charge is 0.170 e. The van der Waals surface area contributed by atoms with E-state index in [1.807, 2.05) is 6.92 Å². The van der Waals surface area contributed by atoms with Crippen molar-refractivity contribution in [3.05, 3.63) is 59.7 Å². The highest BCUT2D eigenvalue weighted by molar-refractivity contribution is 7.99. The maximum absolute atomic E-state index is 13.5. The highest BCUT2D eigenvalue weighted by atomic mass is 32.2. The Labute approximate surface area is 138 Å². The lowest BCUT2D eigenvalue weighted by atomic mass is 10.2. The van der Waals surface area contributed by atoms with Gasteiger partial charge in [-0.1, -0.05) is 23.8 Å². The van der Waals surface area contributed by atoms with E-state index in [9.17, 15) is 8.78 Å². The van der Waals surface area contributed by atoms with E-state index in [4.69, 9.17) is 12.2 Å². The molecule has 2 rings (SSSR count). The van der Waals surface area contributed by atoms with Gasteiger partial charge in [0.05, 0.1) is 0 Å². The summed E-state index contributed by atoms with van der Waals surface area (Å²) in [6, 6.07) is 11.9. The largest absolute Gasteiger partial charge is 0.362 e. The summed E-state index contributed by atoms with van der Waals surface area (Å²) in [4.78, 5) is 1.17. The fourth-order valence-electron chi connectivity index (χ4n) is 1.74. The monoisotopic (exact) mass is 338 g/mol. The van der Waals surface area contributed by atoms with Crippen molar-refractivity contribution >= 4 is 34.8 Å². The normalized spacial score (nSPS) is 10.3. The van der Waals surface area contributed by atoms with Crippen LogP contribution in [0.4, 0.5) is 14.5 Å². The number of hydrogen-bond acceptors (Lipinski definition) is 2. The zero-order valence-electron chi connectivity index (χ0n) is 12.0. The van der Waals surface area contributed by atoms with Gasteiger partial charge in [0.1, 0.15) is 17.3 Å². The Morgan fingerprint density at radius 2 is 1.73 bits per heavy atom. The molecule has 2 aromatic rings. The fraction of sp³-hybridized carbons (Fsp3) is 0.188. The predicted molar refractivity (Wildman–Crippen MR) is 92.5 cm³/mol. The van der Waals surface area contributed by atoms with Gasteiger partial charge in [-0.2, -0.15) is 0 Å². The van der Waals surface area contributed by atoms with Crippen molar-refractivity contribution in [1.82, 2.24) is 5.32 Å². The molecule has 2 aromatic carbocycles. The lowest BCUT2D eigenvalue weighted by molar-refractivity contribution is 0.591. The molecule has 0 heterocycles. The van der Waals surface area contributed by atoms with Crippen molar-refractivity contribution in [2.75, 3.05) is 17.6 Å². The number of thioether (sulfide) groups is 1. The van der Waals surface area contributed by atoms with Crippen LogP contribution in [-0.2, 0) is 0 Å². The van der Waals surface area contributed by atoms with Gasteiger partial charge >= 0.3 is 0 Å². The van der Waals surface area contributed by atoms with Crippen LogP contribution in [-0.4, -0.2) is 17.4 Å². The van der Waals surface area contributed by atoms with Crippen molar-refractivity contribution in [2.24, 2.45) is 0 Å². The standard InChI is InChI=1S/C16H16F2N2S2/c1-11-5-7-12(8-6-11)22-10-9-19-16(21)20-15-13(17)3-2-4-14(15)18/h2-8H,9-10H2,1H3,(H2,19,20,21). The summed E-state index contributed by atoms with van der Waals surface area (Å²) < 4.78 is 26.9. The van der Waals surface area contributed by atoms with Gasteiger partial charge in [0, 0.05) is 17.2 Å². The molecule has 0 amide bonds. The second-order valence-corrected chi connectivity index (χ2v) is 6.22. The molecule has 116 valence electrons. The third kappa shape index (κ3) is 4.96. The third-order valence-electron chi connectivity index (χ3n) is 2.88. The molecule has 6 heteroatoms. The molecule has 0 aliphatic heterocycles. The van der Waals surface area contributed by atoms with Crippen molar-refractivity contribution in [2.45, 2.75) is 11.8 Å². The maximum Gasteiger partial charge on any atom is 0.170 e. The molecule has 0 aliphatic rings. The van der Waals surface area contributed by atoms with Crippen molar-refractivity contribution in [3.8, 4) is 0 Å². The molecule has 0 saturated carbocycles. The first-order valence-corrected chi connectivity index (χ1v) is 8.14. The van der Waals surface area contributed by atoms with E-state index >= 15 is 0 Å². The number of benzene rings is 2. The lowest BCUT2D eigenvalue weighted by Gasteiger charge is -2.11. The molecule has 0 saturated heterocycles. The summed E-state index contributed by atoms with van der Waals surface area (Å²) in [6.07, 6.45) is 0. The van der Waals surface area contributed by atoms with Gasteiger partial charge in [-0.15, -0.1) is 11.8 Å². The topological polar surface area (TPSA) is 24.1 Å². The summed E-state index contributed by atoms with van der Waals surface area (Å²) in [5.74, 6) is -0.540. The van der Waals surface area contributed by atoms with Crippen LogP contribution in [0, 0.1) is 18.6 Å². The van der Waals surface area contributed by atoms with Crippen LogP contribution in [0.1, 0.15) is 5.56 Å². The molecule has 0 aliphatic carbocycles. The van der Waals surface area contributed by atoms with Gasteiger partial charge in [-0.05, 0) is 43.4 Å². The lowest BCUT2D eigenvalue weighted by Crippen LogP contribution is -2.30. The molecular formula is C16H16F2N2S2. The Morgan fingerprint density at radius 3 is 2.36 bits per heavy atom. The van der Waals surface area contributed by atoms with Gasteiger partial charge in [0.25, 0.3) is 0 Å². The maximum atomic E-state index is 13.5. The Bertz CT molecular complexity index is 625. The summed E-state index contributed by atoms with van der Waals surface area (Å²) in [5.41, 5.74) is 0.992. The summed E-state index contributed by atoms with van der Waals surface area (Å²) in [6.45, 7) is 2.64.